The summed E-state index contributed by atoms with van der Waals surface area (Å²) in [7, 11) is 1.68. The minimum Gasteiger partial charge on any atom is -0.409 e. The molecule has 0 saturated heterocycles. The van der Waals surface area contributed by atoms with E-state index in [0.717, 1.165) is 30.8 Å². The number of nitrogens with two attached hydrogens (primary N) is 1. The number of anilines is 1. The van der Waals surface area contributed by atoms with Gasteiger partial charge >= 0.3 is 0 Å². The maximum absolute atomic E-state index is 8.94. The molecule has 1 saturated carbocycles. The Kier molecular flexibility index (Phi) is 4.21. The molecule has 1 aliphatic carbocycles. The van der Waals surface area contributed by atoms with Crippen LogP contribution in [0.2, 0.25) is 0 Å². The van der Waals surface area contributed by atoms with Crippen LogP contribution in [0.1, 0.15) is 24.0 Å². The van der Waals surface area contributed by atoms with Crippen molar-refractivity contribution in [1.29, 1.82) is 0 Å². The average molecular weight is 264 g/mol. The Labute approximate surface area is 112 Å². The van der Waals surface area contributed by atoms with Crippen LogP contribution in [0.4, 0.5) is 5.82 Å². The first-order valence-electron chi connectivity index (χ1n) is 6.38. The minimum atomic E-state index is 0.101. The molecule has 2 rings (SSSR count). The number of hydrogen-bond acceptors (Lipinski definition) is 5. The topological polar surface area (TPSA) is 84.0 Å². The van der Waals surface area contributed by atoms with E-state index in [4.69, 9.17) is 15.7 Å². The second kappa shape index (κ2) is 5.88. The fraction of sp³-hybridized carbons (Fsp3) is 0.538. The van der Waals surface area contributed by atoms with Crippen LogP contribution >= 0.6 is 0 Å². The number of hydrogen-bond donors (Lipinski definition) is 2. The molecule has 1 aliphatic rings. The summed E-state index contributed by atoms with van der Waals surface area (Å²) in [6.45, 7) is 3.31. The van der Waals surface area contributed by atoms with Gasteiger partial charge in [-0.15, -0.1) is 0 Å². The van der Waals surface area contributed by atoms with Crippen LogP contribution in [-0.4, -0.2) is 42.3 Å². The third-order valence-corrected chi connectivity index (χ3v) is 3.30. The third kappa shape index (κ3) is 2.96. The van der Waals surface area contributed by atoms with Crippen LogP contribution in [0.15, 0.2) is 17.4 Å². The van der Waals surface area contributed by atoms with Gasteiger partial charge in [-0.25, -0.2) is 4.98 Å². The molecule has 0 radical (unpaired) electrons. The normalized spacial score (nSPS) is 15.6. The first kappa shape index (κ1) is 13.6. The molecule has 19 heavy (non-hydrogen) atoms. The molecule has 0 atom stereocenters. The van der Waals surface area contributed by atoms with Crippen LogP contribution < -0.4 is 10.6 Å². The quantitative estimate of drug-likeness (QED) is 0.348. The summed E-state index contributed by atoms with van der Waals surface area (Å²) in [5.41, 5.74) is 7.43. The zero-order chi connectivity index (χ0) is 13.8. The molecule has 0 bridgehead atoms. The Morgan fingerprint density at radius 1 is 1.63 bits per heavy atom. The van der Waals surface area contributed by atoms with Gasteiger partial charge in [0.15, 0.2) is 5.84 Å². The molecule has 0 aliphatic heterocycles. The van der Waals surface area contributed by atoms with Gasteiger partial charge in [-0.3, -0.25) is 0 Å². The molecule has 3 N–H and O–H groups in total. The number of pyridine rings is 1. The van der Waals surface area contributed by atoms with Crippen molar-refractivity contribution in [2.24, 2.45) is 10.9 Å². The number of ether oxygens (including phenoxy) is 1. The summed E-state index contributed by atoms with van der Waals surface area (Å²) < 4.78 is 5.15. The van der Waals surface area contributed by atoms with E-state index < -0.39 is 0 Å². The van der Waals surface area contributed by atoms with Gasteiger partial charge in [0.2, 0.25) is 0 Å². The van der Waals surface area contributed by atoms with E-state index in [2.05, 4.69) is 15.0 Å². The molecule has 6 nitrogen and oxygen atoms in total. The van der Waals surface area contributed by atoms with E-state index >= 15 is 0 Å². The molecular formula is C13H20N4O2. The second-order valence-electron chi connectivity index (χ2n) is 4.73. The Hall–Kier alpha value is -1.82. The van der Waals surface area contributed by atoms with Crippen molar-refractivity contribution in [1.82, 2.24) is 4.98 Å². The molecule has 1 aromatic rings. The van der Waals surface area contributed by atoms with Gasteiger partial charge in [-0.1, -0.05) is 5.16 Å². The molecule has 1 heterocycles. The highest BCUT2D eigenvalue weighted by Gasteiger charge is 2.32. The van der Waals surface area contributed by atoms with Crippen molar-refractivity contribution in [3.05, 3.63) is 23.4 Å². The predicted octanol–water partition coefficient (Wildman–Crippen LogP) is 1.10. The number of amidine groups is 1. The number of oxime groups is 1. The van der Waals surface area contributed by atoms with E-state index in [9.17, 15) is 0 Å². The Balaban J connectivity index is 2.38. The molecule has 0 unspecified atom stereocenters. The Morgan fingerprint density at radius 2 is 2.37 bits per heavy atom. The van der Waals surface area contributed by atoms with Gasteiger partial charge in [0.1, 0.15) is 5.82 Å². The highest BCUT2D eigenvalue weighted by molar-refractivity contribution is 6.02. The van der Waals surface area contributed by atoms with Crippen molar-refractivity contribution in [2.45, 2.75) is 25.8 Å². The van der Waals surface area contributed by atoms with Crippen molar-refractivity contribution in [2.75, 3.05) is 25.2 Å². The fourth-order valence-corrected chi connectivity index (χ4v) is 2.17. The van der Waals surface area contributed by atoms with Crippen molar-refractivity contribution in [3.8, 4) is 0 Å². The van der Waals surface area contributed by atoms with Gasteiger partial charge in [-0.2, -0.15) is 0 Å². The lowest BCUT2D eigenvalue weighted by Crippen LogP contribution is -2.33. The second-order valence-corrected chi connectivity index (χ2v) is 4.73. The smallest absolute Gasteiger partial charge is 0.174 e. The van der Waals surface area contributed by atoms with Crippen LogP contribution in [0, 0.1) is 6.92 Å². The zero-order valence-electron chi connectivity index (χ0n) is 11.3. The first-order chi connectivity index (χ1) is 9.19. The summed E-state index contributed by atoms with van der Waals surface area (Å²) in [5, 5.41) is 12.1. The van der Waals surface area contributed by atoms with E-state index in [1.54, 1.807) is 13.3 Å². The average Bonchev–Trinajstić information content (AvgIpc) is 3.23. The van der Waals surface area contributed by atoms with E-state index in [1.807, 2.05) is 13.0 Å². The van der Waals surface area contributed by atoms with Gasteiger partial charge in [0.25, 0.3) is 0 Å². The standard InChI is InChI=1S/C13H20N4O2/c1-9-5-6-15-13(11(9)12(14)16-18)17(7-8-19-2)10-3-4-10/h5-6,10,18H,3-4,7-8H2,1-2H3,(H2,14,16). The van der Waals surface area contributed by atoms with E-state index in [1.165, 1.54) is 0 Å². The van der Waals surface area contributed by atoms with E-state index in [0.29, 0.717) is 18.2 Å². The largest absolute Gasteiger partial charge is 0.409 e. The van der Waals surface area contributed by atoms with Crippen molar-refractivity contribution in [3.63, 3.8) is 0 Å². The summed E-state index contributed by atoms with van der Waals surface area (Å²) >= 11 is 0. The van der Waals surface area contributed by atoms with Crippen LogP contribution in [0.25, 0.3) is 0 Å². The van der Waals surface area contributed by atoms with Crippen molar-refractivity contribution < 1.29 is 9.94 Å². The lowest BCUT2D eigenvalue weighted by Gasteiger charge is -2.26. The monoisotopic (exact) mass is 264 g/mol. The van der Waals surface area contributed by atoms with Gasteiger partial charge in [-0.05, 0) is 31.4 Å². The lowest BCUT2D eigenvalue weighted by molar-refractivity contribution is 0.204. The van der Waals surface area contributed by atoms with Gasteiger partial charge < -0.3 is 20.6 Å². The molecule has 6 heteroatoms. The molecular weight excluding hydrogens is 244 g/mol. The summed E-state index contributed by atoms with van der Waals surface area (Å²) in [6.07, 6.45) is 4.05. The van der Waals surface area contributed by atoms with Crippen molar-refractivity contribution >= 4 is 11.7 Å². The Bertz CT molecular complexity index is 472. The lowest BCUT2D eigenvalue weighted by atomic mass is 10.1. The Morgan fingerprint density at radius 3 is 2.95 bits per heavy atom. The zero-order valence-corrected chi connectivity index (χ0v) is 11.3. The SMILES string of the molecule is COCCN(c1nccc(C)c1/C(N)=N/O)C1CC1. The first-order valence-corrected chi connectivity index (χ1v) is 6.38. The number of methoxy groups -OCH3 is 1. The number of aromatic nitrogens is 1. The number of aryl methyl sites for hydroxylation is 1. The molecule has 0 aromatic carbocycles. The molecule has 1 aromatic heterocycles. The summed E-state index contributed by atoms with van der Waals surface area (Å²) in [6, 6.07) is 2.34. The number of rotatable bonds is 6. The van der Waals surface area contributed by atoms with Crippen LogP contribution in [0.3, 0.4) is 0 Å². The molecule has 104 valence electrons. The minimum absolute atomic E-state index is 0.101. The number of nitrogens with zero attached hydrogens (tertiary/aromatic N) is 3. The maximum Gasteiger partial charge on any atom is 0.174 e. The predicted molar refractivity (Wildman–Crippen MR) is 73.7 cm³/mol. The van der Waals surface area contributed by atoms with Crippen LogP contribution in [-0.2, 0) is 4.74 Å². The third-order valence-electron chi connectivity index (χ3n) is 3.30. The van der Waals surface area contributed by atoms with Crippen LogP contribution in [0.5, 0.6) is 0 Å². The molecule has 0 spiro atoms. The fourth-order valence-electron chi connectivity index (χ4n) is 2.17. The molecule has 0 amide bonds. The highest BCUT2D eigenvalue weighted by Crippen LogP contribution is 2.32. The van der Waals surface area contributed by atoms with Gasteiger partial charge in [0, 0.05) is 25.9 Å². The highest BCUT2D eigenvalue weighted by atomic mass is 16.5. The maximum atomic E-state index is 8.94. The summed E-state index contributed by atoms with van der Waals surface area (Å²) in [4.78, 5) is 6.61. The summed E-state index contributed by atoms with van der Waals surface area (Å²) in [5.74, 6) is 0.874. The van der Waals surface area contributed by atoms with E-state index in [-0.39, 0.29) is 5.84 Å². The van der Waals surface area contributed by atoms with Gasteiger partial charge in [0.05, 0.1) is 12.2 Å². The molecule has 1 fully saturated rings.